The first kappa shape index (κ1) is 51.7. The van der Waals surface area contributed by atoms with E-state index in [9.17, 15) is 14.3 Å². The van der Waals surface area contributed by atoms with Crippen LogP contribution in [0.15, 0.2) is 85.1 Å². The van der Waals surface area contributed by atoms with Crippen molar-refractivity contribution in [3.8, 4) is 0 Å². The van der Waals surface area contributed by atoms with E-state index in [1.807, 2.05) is 27.2 Å². The molecule has 0 saturated carbocycles. The zero-order chi connectivity index (χ0) is 39.9. The van der Waals surface area contributed by atoms with Gasteiger partial charge in [0, 0.05) is 6.61 Å². The highest BCUT2D eigenvalue weighted by atomic mass is 31.2. The molecule has 0 aromatic rings. The van der Waals surface area contributed by atoms with Crippen LogP contribution in [0.5, 0.6) is 0 Å². The highest BCUT2D eigenvalue weighted by Gasteiger charge is 2.20. The molecule has 0 aliphatic heterocycles. The number of allylic oxidation sites excluding steroid dienone is 13. The van der Waals surface area contributed by atoms with Gasteiger partial charge in [0.05, 0.1) is 40.8 Å². The van der Waals surface area contributed by atoms with Crippen LogP contribution in [-0.2, 0) is 27.9 Å². The van der Waals surface area contributed by atoms with Crippen LogP contribution in [0.1, 0.15) is 136 Å². The SMILES string of the molecule is CC/C=C\C/C=C\C/C=C\C/C=C\C/C=C\CC(=O)OC(COCCCCCCCC/C=C\C/C=C\CCCCCC)COP(=O)([O-])OCC[N+](C)(C)C. The number of phosphoric acid groups is 1. The Kier molecular flexibility index (Phi) is 36.0. The maximum Gasteiger partial charge on any atom is 0.310 e. The fraction of sp³-hybridized carbons (Fsp3) is 0.667. The number of rotatable bonds is 37. The van der Waals surface area contributed by atoms with Gasteiger partial charge in [-0.1, -0.05) is 144 Å². The third kappa shape index (κ3) is 40.9. The molecule has 310 valence electrons. The molecule has 0 aromatic heterocycles. The lowest BCUT2D eigenvalue weighted by Crippen LogP contribution is -2.37. The van der Waals surface area contributed by atoms with Crippen LogP contribution in [0, 0.1) is 0 Å². The number of unbranched alkanes of at least 4 members (excludes halogenated alkanes) is 10. The van der Waals surface area contributed by atoms with Crippen molar-refractivity contribution in [2.45, 2.75) is 142 Å². The Morgan fingerprint density at radius 2 is 1.07 bits per heavy atom. The minimum Gasteiger partial charge on any atom is -0.756 e. The molecule has 9 heteroatoms. The molecule has 0 heterocycles. The van der Waals surface area contributed by atoms with E-state index < -0.39 is 19.9 Å². The van der Waals surface area contributed by atoms with Gasteiger partial charge in [-0.15, -0.1) is 0 Å². The molecule has 8 nitrogen and oxygen atoms in total. The number of nitrogens with zero attached hydrogens (tertiary/aromatic N) is 1. The number of quaternary nitrogens is 1. The lowest BCUT2D eigenvalue weighted by Gasteiger charge is -2.28. The van der Waals surface area contributed by atoms with Crippen LogP contribution < -0.4 is 4.89 Å². The van der Waals surface area contributed by atoms with E-state index in [1.54, 1.807) is 6.08 Å². The van der Waals surface area contributed by atoms with E-state index in [-0.39, 0.29) is 26.2 Å². The van der Waals surface area contributed by atoms with Crippen LogP contribution >= 0.6 is 7.82 Å². The van der Waals surface area contributed by atoms with Crippen molar-refractivity contribution in [2.24, 2.45) is 0 Å². The third-order valence-corrected chi connectivity index (χ3v) is 9.18. The number of phosphoric ester groups is 1. The van der Waals surface area contributed by atoms with Crippen molar-refractivity contribution < 1.29 is 37.3 Å². The number of carbonyl (C=O) groups is 1. The second kappa shape index (κ2) is 37.6. The van der Waals surface area contributed by atoms with Crippen LogP contribution in [0.3, 0.4) is 0 Å². The Hall–Kier alpha value is -2.32. The molecule has 2 atom stereocenters. The minimum absolute atomic E-state index is 0.00289. The summed E-state index contributed by atoms with van der Waals surface area (Å²) in [5, 5.41) is 0. The van der Waals surface area contributed by atoms with Gasteiger partial charge in [0.25, 0.3) is 7.82 Å². The summed E-state index contributed by atoms with van der Waals surface area (Å²) in [5.41, 5.74) is 0. The standard InChI is InChI=1S/C45H78NO7P/c1-6-8-10-12-14-16-18-20-22-23-25-27-29-31-33-35-37-40-50-42-44(43-52-54(48,49)51-41-39-46(3,4)5)53-45(47)38-36-34-32-30-28-26-24-21-19-17-15-13-11-9-7-2/h9,11,15-18,21-24,28,30,34,36,44H,6-8,10,12-14,19-20,25-27,29,31-33,35,37-43H2,1-5H3/b11-9-,17-15-,18-16-,23-22-,24-21-,30-28-,36-34-. The minimum atomic E-state index is -4.56. The van der Waals surface area contributed by atoms with Crippen LogP contribution in [-0.4, -0.2) is 70.7 Å². The van der Waals surface area contributed by atoms with Gasteiger partial charge >= 0.3 is 5.97 Å². The number of likely N-dealkylation sites (N-methyl/N-ethyl adjacent to an activating group) is 1. The molecule has 0 rings (SSSR count). The van der Waals surface area contributed by atoms with E-state index in [1.165, 1.54) is 51.4 Å². The van der Waals surface area contributed by atoms with Gasteiger partial charge < -0.3 is 27.9 Å². The molecule has 0 fully saturated rings. The highest BCUT2D eigenvalue weighted by Crippen LogP contribution is 2.38. The molecular weight excluding hydrogens is 697 g/mol. The largest absolute Gasteiger partial charge is 0.756 e. The summed E-state index contributed by atoms with van der Waals surface area (Å²) in [4.78, 5) is 24.9. The van der Waals surface area contributed by atoms with Gasteiger partial charge in [-0.25, -0.2) is 0 Å². The van der Waals surface area contributed by atoms with Crippen molar-refractivity contribution >= 4 is 13.8 Å². The van der Waals surface area contributed by atoms with Crippen molar-refractivity contribution in [3.05, 3.63) is 85.1 Å². The molecule has 0 bridgehead atoms. The predicted molar refractivity (Wildman–Crippen MR) is 226 cm³/mol. The lowest BCUT2D eigenvalue weighted by molar-refractivity contribution is -0.870. The topological polar surface area (TPSA) is 94.1 Å². The first-order valence-electron chi connectivity index (χ1n) is 20.8. The van der Waals surface area contributed by atoms with Gasteiger partial charge in [0.15, 0.2) is 0 Å². The molecule has 2 unspecified atom stereocenters. The Bertz CT molecular complexity index is 1130. The molecular formula is C45H78NO7P. The van der Waals surface area contributed by atoms with Crippen molar-refractivity contribution in [1.82, 2.24) is 0 Å². The van der Waals surface area contributed by atoms with Crippen LogP contribution in [0.25, 0.3) is 0 Å². The van der Waals surface area contributed by atoms with Crippen LogP contribution in [0.2, 0.25) is 0 Å². The van der Waals surface area contributed by atoms with Gasteiger partial charge in [0.1, 0.15) is 19.3 Å². The zero-order valence-electron chi connectivity index (χ0n) is 34.9. The fourth-order valence-electron chi connectivity index (χ4n) is 5.00. The van der Waals surface area contributed by atoms with Crippen LogP contribution in [0.4, 0.5) is 0 Å². The predicted octanol–water partition coefficient (Wildman–Crippen LogP) is 11.5. The average molecular weight is 776 g/mol. The summed E-state index contributed by atoms with van der Waals surface area (Å²) in [5.74, 6) is -0.468. The molecule has 0 amide bonds. The van der Waals surface area contributed by atoms with Crippen molar-refractivity contribution in [1.29, 1.82) is 0 Å². The Labute approximate surface area is 331 Å². The molecule has 0 N–H and O–H groups in total. The second-order valence-corrected chi connectivity index (χ2v) is 16.0. The number of hydrogen-bond donors (Lipinski definition) is 0. The first-order valence-corrected chi connectivity index (χ1v) is 22.3. The molecule has 0 aliphatic rings. The van der Waals surface area contributed by atoms with Crippen molar-refractivity contribution in [3.63, 3.8) is 0 Å². The van der Waals surface area contributed by atoms with E-state index in [0.717, 1.165) is 57.8 Å². The quantitative estimate of drug-likeness (QED) is 0.0204. The Morgan fingerprint density at radius 1 is 0.593 bits per heavy atom. The highest BCUT2D eigenvalue weighted by molar-refractivity contribution is 7.45. The lowest BCUT2D eigenvalue weighted by atomic mass is 10.1. The smallest absolute Gasteiger partial charge is 0.310 e. The number of esters is 1. The van der Waals surface area contributed by atoms with Gasteiger partial charge in [0.2, 0.25) is 0 Å². The molecule has 54 heavy (non-hydrogen) atoms. The van der Waals surface area contributed by atoms with E-state index in [4.69, 9.17) is 18.5 Å². The van der Waals surface area contributed by atoms with Gasteiger partial charge in [-0.05, 0) is 70.6 Å². The first-order chi connectivity index (χ1) is 26.1. The van der Waals surface area contributed by atoms with Gasteiger partial charge in [-0.2, -0.15) is 0 Å². The van der Waals surface area contributed by atoms with E-state index in [2.05, 4.69) is 86.8 Å². The summed E-state index contributed by atoms with van der Waals surface area (Å²) < 4.78 is 34.4. The maximum absolute atomic E-state index is 12.6. The summed E-state index contributed by atoms with van der Waals surface area (Å²) in [6, 6.07) is 0. The van der Waals surface area contributed by atoms with E-state index in [0.29, 0.717) is 24.1 Å². The monoisotopic (exact) mass is 776 g/mol. The zero-order valence-corrected chi connectivity index (χ0v) is 35.8. The number of ether oxygens (including phenoxy) is 2. The molecule has 0 radical (unpaired) electrons. The second-order valence-electron chi connectivity index (χ2n) is 14.6. The Morgan fingerprint density at radius 3 is 1.61 bits per heavy atom. The summed E-state index contributed by atoms with van der Waals surface area (Å²) in [6.07, 6.45) is 49.1. The average Bonchev–Trinajstić information content (AvgIpc) is 3.12. The molecule has 0 spiro atoms. The molecule has 0 saturated heterocycles. The van der Waals surface area contributed by atoms with E-state index >= 15 is 0 Å². The number of carbonyl (C=O) groups excluding carboxylic acids is 1. The van der Waals surface area contributed by atoms with Crippen molar-refractivity contribution in [2.75, 3.05) is 54.1 Å². The molecule has 0 aromatic carbocycles. The Balaban J connectivity index is 4.43. The number of hydrogen-bond acceptors (Lipinski definition) is 7. The summed E-state index contributed by atoms with van der Waals surface area (Å²) >= 11 is 0. The summed E-state index contributed by atoms with van der Waals surface area (Å²) in [7, 11) is 1.28. The third-order valence-electron chi connectivity index (χ3n) is 8.21. The van der Waals surface area contributed by atoms with Gasteiger partial charge in [-0.3, -0.25) is 9.36 Å². The maximum atomic E-state index is 12.6. The molecule has 0 aliphatic carbocycles. The summed E-state index contributed by atoms with van der Waals surface area (Å²) in [6.45, 7) is 5.09. The fourth-order valence-corrected chi connectivity index (χ4v) is 5.73. The normalized spacial score (nSPS) is 14.7.